The highest BCUT2D eigenvalue weighted by atomic mass is 35.5. The standard InChI is InChI=1S/C6H4Cl2N2O2/c7-4-2-1-3-5(6(4)8)9-10(11)12/h1-3,9H. The average molecular weight is 207 g/mol. The predicted octanol–water partition coefficient (Wildman–Crippen LogP) is 2.60. The Balaban J connectivity index is 3.00. The Bertz CT molecular complexity index is 316. The number of nitrogens with zero attached hydrogens (tertiary/aromatic N) is 1. The van der Waals surface area contributed by atoms with Crippen molar-refractivity contribution >= 4 is 28.9 Å². The van der Waals surface area contributed by atoms with Gasteiger partial charge in [-0.1, -0.05) is 29.3 Å². The zero-order valence-corrected chi connectivity index (χ0v) is 7.26. The molecule has 0 aliphatic heterocycles. The van der Waals surface area contributed by atoms with Crippen molar-refractivity contribution in [3.63, 3.8) is 0 Å². The van der Waals surface area contributed by atoms with Crippen LogP contribution in [0.4, 0.5) is 5.69 Å². The maximum absolute atomic E-state index is 10.0. The first kappa shape index (κ1) is 9.09. The van der Waals surface area contributed by atoms with Crippen molar-refractivity contribution in [2.24, 2.45) is 0 Å². The highest BCUT2D eigenvalue weighted by Gasteiger charge is 2.07. The molecule has 0 radical (unpaired) electrons. The summed E-state index contributed by atoms with van der Waals surface area (Å²) in [6.45, 7) is 0. The van der Waals surface area contributed by atoms with E-state index in [1.165, 1.54) is 6.07 Å². The molecule has 0 amide bonds. The zero-order valence-electron chi connectivity index (χ0n) is 5.75. The molecule has 1 aromatic carbocycles. The smallest absolute Gasteiger partial charge is 0.162 e. The number of halogens is 2. The number of benzene rings is 1. The molecule has 0 saturated heterocycles. The summed E-state index contributed by atoms with van der Waals surface area (Å²) in [5.74, 6) is 0. The first-order valence-corrected chi connectivity index (χ1v) is 3.72. The third kappa shape index (κ3) is 1.99. The van der Waals surface area contributed by atoms with Crippen LogP contribution in [0.3, 0.4) is 0 Å². The Kier molecular flexibility index (Phi) is 2.73. The van der Waals surface area contributed by atoms with E-state index >= 15 is 0 Å². The number of anilines is 1. The van der Waals surface area contributed by atoms with Crippen LogP contribution in [-0.2, 0) is 0 Å². The second kappa shape index (κ2) is 3.60. The van der Waals surface area contributed by atoms with Crippen LogP contribution in [0.5, 0.6) is 0 Å². The molecule has 0 unspecified atom stereocenters. The summed E-state index contributed by atoms with van der Waals surface area (Å²) in [5, 5.41) is 9.76. The monoisotopic (exact) mass is 206 g/mol. The Labute approximate surface area is 78.2 Å². The highest BCUT2D eigenvalue weighted by Crippen LogP contribution is 2.29. The molecule has 0 atom stereocenters. The van der Waals surface area contributed by atoms with E-state index in [-0.39, 0.29) is 15.7 Å². The Morgan fingerprint density at radius 1 is 1.42 bits per heavy atom. The minimum absolute atomic E-state index is 0.149. The molecule has 64 valence electrons. The van der Waals surface area contributed by atoms with E-state index in [9.17, 15) is 10.1 Å². The van der Waals surface area contributed by atoms with Crippen LogP contribution >= 0.6 is 23.2 Å². The molecule has 4 nitrogen and oxygen atoms in total. The lowest BCUT2D eigenvalue weighted by Crippen LogP contribution is -2.07. The molecule has 0 bridgehead atoms. The van der Waals surface area contributed by atoms with E-state index in [1.807, 2.05) is 5.43 Å². The molecule has 0 spiro atoms. The maximum Gasteiger partial charge on any atom is 0.162 e. The fourth-order valence-electron chi connectivity index (χ4n) is 0.688. The summed E-state index contributed by atoms with van der Waals surface area (Å²) in [4.78, 5) is 10.0. The summed E-state index contributed by atoms with van der Waals surface area (Å²) >= 11 is 11.2. The quantitative estimate of drug-likeness (QED) is 0.598. The van der Waals surface area contributed by atoms with Gasteiger partial charge in [0.05, 0.1) is 10.0 Å². The van der Waals surface area contributed by atoms with Crippen LogP contribution in [0.25, 0.3) is 0 Å². The van der Waals surface area contributed by atoms with Crippen molar-refractivity contribution in [3.8, 4) is 0 Å². The first-order valence-electron chi connectivity index (χ1n) is 2.96. The number of hydrazine groups is 1. The van der Waals surface area contributed by atoms with Gasteiger partial charge in [-0.2, -0.15) is 0 Å². The third-order valence-electron chi connectivity index (χ3n) is 1.16. The van der Waals surface area contributed by atoms with Crippen molar-refractivity contribution in [3.05, 3.63) is 38.4 Å². The highest BCUT2D eigenvalue weighted by molar-refractivity contribution is 6.43. The van der Waals surface area contributed by atoms with Gasteiger partial charge in [0.2, 0.25) is 0 Å². The maximum atomic E-state index is 10.0. The van der Waals surface area contributed by atoms with Crippen molar-refractivity contribution in [2.75, 3.05) is 5.43 Å². The largest absolute Gasteiger partial charge is 0.235 e. The summed E-state index contributed by atoms with van der Waals surface area (Å²) in [6, 6.07) is 4.59. The number of nitro groups is 1. The van der Waals surface area contributed by atoms with Gasteiger partial charge in [-0.25, -0.2) is 10.1 Å². The van der Waals surface area contributed by atoms with Crippen LogP contribution in [0, 0.1) is 10.1 Å². The van der Waals surface area contributed by atoms with Crippen molar-refractivity contribution in [2.45, 2.75) is 0 Å². The predicted molar refractivity (Wildman–Crippen MR) is 47.1 cm³/mol. The second-order valence-corrected chi connectivity index (χ2v) is 2.76. The number of hydrogen-bond donors (Lipinski definition) is 1. The van der Waals surface area contributed by atoms with Crippen LogP contribution in [-0.4, -0.2) is 5.03 Å². The molecule has 0 saturated carbocycles. The first-order chi connectivity index (χ1) is 5.61. The molecular weight excluding hydrogens is 203 g/mol. The molecule has 1 rings (SSSR count). The second-order valence-electron chi connectivity index (χ2n) is 1.97. The molecule has 0 fully saturated rings. The minimum Gasteiger partial charge on any atom is -0.235 e. The normalized spacial score (nSPS) is 9.50. The van der Waals surface area contributed by atoms with Gasteiger partial charge in [0.1, 0.15) is 5.69 Å². The molecule has 0 aromatic heterocycles. The fourth-order valence-corrected chi connectivity index (χ4v) is 1.03. The lowest BCUT2D eigenvalue weighted by Gasteiger charge is -2.00. The van der Waals surface area contributed by atoms with Crippen LogP contribution in [0.2, 0.25) is 10.0 Å². The summed E-state index contributed by atoms with van der Waals surface area (Å²) in [7, 11) is 0. The van der Waals surface area contributed by atoms with E-state index in [1.54, 1.807) is 12.1 Å². The summed E-state index contributed by atoms with van der Waals surface area (Å²) in [5.41, 5.74) is 2.11. The molecule has 0 aliphatic rings. The van der Waals surface area contributed by atoms with Gasteiger partial charge in [0, 0.05) is 0 Å². The number of nitrogens with one attached hydrogen (secondary N) is 1. The molecule has 1 N–H and O–H groups in total. The lowest BCUT2D eigenvalue weighted by atomic mass is 10.3. The van der Waals surface area contributed by atoms with Crippen molar-refractivity contribution < 1.29 is 5.03 Å². The SMILES string of the molecule is O=[N+]([O-])Nc1cccc(Cl)c1Cl. The average Bonchev–Trinajstić information content (AvgIpc) is 1.98. The van der Waals surface area contributed by atoms with Gasteiger partial charge in [0.25, 0.3) is 0 Å². The Morgan fingerprint density at radius 3 is 2.67 bits per heavy atom. The minimum atomic E-state index is -0.697. The van der Waals surface area contributed by atoms with E-state index in [0.29, 0.717) is 0 Å². The van der Waals surface area contributed by atoms with Gasteiger partial charge < -0.3 is 0 Å². The van der Waals surface area contributed by atoms with Crippen molar-refractivity contribution in [1.29, 1.82) is 0 Å². The Morgan fingerprint density at radius 2 is 2.08 bits per heavy atom. The molecule has 0 aliphatic carbocycles. The Hall–Kier alpha value is -1.000. The van der Waals surface area contributed by atoms with Crippen LogP contribution < -0.4 is 5.43 Å². The van der Waals surface area contributed by atoms with Gasteiger partial charge in [-0.3, -0.25) is 0 Å². The molecule has 6 heteroatoms. The number of rotatable bonds is 2. The van der Waals surface area contributed by atoms with Crippen LogP contribution in [0.1, 0.15) is 0 Å². The lowest BCUT2D eigenvalue weighted by molar-refractivity contribution is -0.445. The van der Waals surface area contributed by atoms with Crippen LogP contribution in [0.15, 0.2) is 18.2 Å². The topological polar surface area (TPSA) is 55.2 Å². The van der Waals surface area contributed by atoms with E-state index in [0.717, 1.165) is 0 Å². The van der Waals surface area contributed by atoms with Gasteiger partial charge in [-0.05, 0) is 12.1 Å². The fraction of sp³-hybridized carbons (Fsp3) is 0. The summed E-state index contributed by atoms with van der Waals surface area (Å²) < 4.78 is 0. The molecule has 1 aromatic rings. The van der Waals surface area contributed by atoms with Gasteiger partial charge in [-0.15, -0.1) is 5.43 Å². The van der Waals surface area contributed by atoms with E-state index < -0.39 is 5.03 Å². The molecular formula is C6H4Cl2N2O2. The zero-order chi connectivity index (χ0) is 9.14. The number of hydrogen-bond acceptors (Lipinski definition) is 2. The van der Waals surface area contributed by atoms with E-state index in [4.69, 9.17) is 23.2 Å². The summed E-state index contributed by atoms with van der Waals surface area (Å²) in [6.07, 6.45) is 0. The molecule has 0 heterocycles. The van der Waals surface area contributed by atoms with Crippen molar-refractivity contribution in [1.82, 2.24) is 0 Å². The molecule has 12 heavy (non-hydrogen) atoms. The van der Waals surface area contributed by atoms with Gasteiger partial charge >= 0.3 is 0 Å². The van der Waals surface area contributed by atoms with Gasteiger partial charge in [0.15, 0.2) is 5.03 Å². The van der Waals surface area contributed by atoms with E-state index in [2.05, 4.69) is 0 Å². The third-order valence-corrected chi connectivity index (χ3v) is 1.98.